The summed E-state index contributed by atoms with van der Waals surface area (Å²) < 4.78 is 0. The van der Waals surface area contributed by atoms with Crippen LogP contribution in [0.4, 0.5) is 5.69 Å². The van der Waals surface area contributed by atoms with Crippen LogP contribution in [0.25, 0.3) is 0 Å². The second-order valence-electron chi connectivity index (χ2n) is 5.10. The quantitative estimate of drug-likeness (QED) is 0.824. The van der Waals surface area contributed by atoms with Crippen LogP contribution in [-0.4, -0.2) is 11.2 Å². The van der Waals surface area contributed by atoms with Gasteiger partial charge in [-0.2, -0.15) is 0 Å². The van der Waals surface area contributed by atoms with Crippen molar-refractivity contribution in [2.75, 3.05) is 5.73 Å². The maximum atomic E-state index is 11.4. The fourth-order valence-corrected chi connectivity index (χ4v) is 4.07. The number of hydrogen-bond donors (Lipinski definition) is 2. The number of carbonyl (C=O) groups is 1. The molecule has 4 N–H and O–H groups in total. The highest BCUT2D eigenvalue weighted by Crippen LogP contribution is 2.39. The van der Waals surface area contributed by atoms with E-state index in [0.29, 0.717) is 16.5 Å². The second kappa shape index (κ2) is 5.65. The fourth-order valence-electron chi connectivity index (χ4n) is 2.53. The number of nitrogen functional groups attached to an aromatic ring is 1. The molecule has 0 heterocycles. The van der Waals surface area contributed by atoms with Crippen LogP contribution in [0.5, 0.6) is 0 Å². The van der Waals surface area contributed by atoms with E-state index in [1.807, 2.05) is 6.07 Å². The Bertz CT molecular complexity index is 447. The zero-order valence-corrected chi connectivity index (χ0v) is 11.5. The summed E-state index contributed by atoms with van der Waals surface area (Å²) >= 11 is 1.72. The van der Waals surface area contributed by atoms with Gasteiger partial charge < -0.3 is 11.5 Å². The van der Waals surface area contributed by atoms with Gasteiger partial charge in [0.15, 0.2) is 0 Å². The Kier molecular flexibility index (Phi) is 4.17. The van der Waals surface area contributed by atoms with E-state index >= 15 is 0 Å². The molecule has 0 radical (unpaired) electrons. The first-order valence-corrected chi connectivity index (χ1v) is 7.31. The van der Waals surface area contributed by atoms with E-state index in [0.717, 1.165) is 10.8 Å². The minimum absolute atomic E-state index is 0.395. The maximum Gasteiger partial charge on any atom is 0.249 e. The van der Waals surface area contributed by atoms with E-state index in [1.165, 1.54) is 25.7 Å². The van der Waals surface area contributed by atoms with Crippen LogP contribution in [0.2, 0.25) is 0 Å². The van der Waals surface area contributed by atoms with Gasteiger partial charge in [0, 0.05) is 15.8 Å². The standard InChI is InChI=1S/C14H20N2OS/c1-9-4-2-5-10(8-9)18-13-11(14(16)17)6-3-7-12(13)15/h3,6-7,9-10H,2,4-5,8,15H2,1H3,(H2,16,17). The summed E-state index contributed by atoms with van der Waals surface area (Å²) in [4.78, 5) is 12.3. The van der Waals surface area contributed by atoms with Gasteiger partial charge in [-0.05, 0) is 30.9 Å². The van der Waals surface area contributed by atoms with Crippen LogP contribution in [0.1, 0.15) is 43.0 Å². The third kappa shape index (κ3) is 2.99. The number of nitrogens with two attached hydrogens (primary N) is 2. The van der Waals surface area contributed by atoms with E-state index in [4.69, 9.17) is 11.5 Å². The van der Waals surface area contributed by atoms with E-state index in [1.54, 1.807) is 23.9 Å². The molecule has 1 aliphatic carbocycles. The van der Waals surface area contributed by atoms with Crippen LogP contribution in [0.3, 0.4) is 0 Å². The number of rotatable bonds is 3. The van der Waals surface area contributed by atoms with Gasteiger partial charge in [0.2, 0.25) is 5.91 Å². The molecule has 3 nitrogen and oxygen atoms in total. The van der Waals surface area contributed by atoms with Crippen molar-refractivity contribution in [3.8, 4) is 0 Å². The van der Waals surface area contributed by atoms with E-state index < -0.39 is 5.91 Å². The topological polar surface area (TPSA) is 69.1 Å². The lowest BCUT2D eigenvalue weighted by Crippen LogP contribution is -2.17. The Morgan fingerprint density at radius 1 is 1.39 bits per heavy atom. The molecule has 1 saturated carbocycles. The molecule has 1 aromatic rings. The Morgan fingerprint density at radius 3 is 2.83 bits per heavy atom. The van der Waals surface area contributed by atoms with Crippen molar-refractivity contribution in [1.29, 1.82) is 0 Å². The summed E-state index contributed by atoms with van der Waals surface area (Å²) in [6.07, 6.45) is 4.96. The van der Waals surface area contributed by atoms with E-state index in [9.17, 15) is 4.79 Å². The van der Waals surface area contributed by atoms with E-state index in [2.05, 4.69) is 6.92 Å². The minimum atomic E-state index is -0.395. The SMILES string of the molecule is CC1CCCC(Sc2c(N)cccc2C(N)=O)C1. The Labute approximate surface area is 112 Å². The molecule has 0 bridgehead atoms. The molecular weight excluding hydrogens is 244 g/mol. The molecule has 1 aliphatic rings. The highest BCUT2D eigenvalue weighted by atomic mass is 32.2. The molecule has 0 spiro atoms. The first-order chi connectivity index (χ1) is 8.58. The van der Waals surface area contributed by atoms with Gasteiger partial charge >= 0.3 is 0 Å². The van der Waals surface area contributed by atoms with Gasteiger partial charge in [0.05, 0.1) is 5.56 Å². The summed E-state index contributed by atoms with van der Waals surface area (Å²) in [6.45, 7) is 2.29. The monoisotopic (exact) mass is 264 g/mol. The third-order valence-electron chi connectivity index (χ3n) is 3.48. The molecule has 1 aromatic carbocycles. The lowest BCUT2D eigenvalue weighted by atomic mass is 9.91. The molecule has 0 aromatic heterocycles. The van der Waals surface area contributed by atoms with Crippen LogP contribution >= 0.6 is 11.8 Å². The molecule has 0 saturated heterocycles. The largest absolute Gasteiger partial charge is 0.398 e. The second-order valence-corrected chi connectivity index (χ2v) is 6.41. The number of anilines is 1. The first-order valence-electron chi connectivity index (χ1n) is 6.43. The van der Waals surface area contributed by atoms with E-state index in [-0.39, 0.29) is 0 Å². The van der Waals surface area contributed by atoms with Crippen molar-refractivity contribution in [1.82, 2.24) is 0 Å². The predicted molar refractivity (Wildman–Crippen MR) is 76.6 cm³/mol. The number of primary amides is 1. The van der Waals surface area contributed by atoms with Crippen LogP contribution < -0.4 is 11.5 Å². The lowest BCUT2D eigenvalue weighted by Gasteiger charge is -2.27. The summed E-state index contributed by atoms with van der Waals surface area (Å²) in [5.74, 6) is 0.367. The summed E-state index contributed by atoms with van der Waals surface area (Å²) in [5.41, 5.74) is 12.6. The number of benzene rings is 1. The van der Waals surface area contributed by atoms with Gasteiger partial charge in [-0.3, -0.25) is 4.79 Å². The lowest BCUT2D eigenvalue weighted by molar-refractivity contribution is 0.0997. The Hall–Kier alpha value is -1.16. The normalized spacial score (nSPS) is 23.8. The molecule has 2 rings (SSSR count). The molecule has 98 valence electrons. The van der Waals surface area contributed by atoms with Gasteiger partial charge in [-0.15, -0.1) is 11.8 Å². The Balaban J connectivity index is 2.20. The van der Waals surface area contributed by atoms with Crippen molar-refractivity contribution < 1.29 is 4.79 Å². The molecule has 1 fully saturated rings. The fraction of sp³-hybridized carbons (Fsp3) is 0.500. The first kappa shape index (κ1) is 13.3. The van der Waals surface area contributed by atoms with Gasteiger partial charge in [0.25, 0.3) is 0 Å². The zero-order chi connectivity index (χ0) is 13.1. The summed E-state index contributed by atoms with van der Waals surface area (Å²) in [7, 11) is 0. The highest BCUT2D eigenvalue weighted by molar-refractivity contribution is 8.00. The average Bonchev–Trinajstić information content (AvgIpc) is 2.31. The number of thioether (sulfide) groups is 1. The molecular formula is C14H20N2OS. The van der Waals surface area contributed by atoms with Crippen LogP contribution in [-0.2, 0) is 0 Å². The predicted octanol–water partition coefficient (Wildman–Crippen LogP) is 3.04. The minimum Gasteiger partial charge on any atom is -0.398 e. The van der Waals surface area contributed by atoms with Gasteiger partial charge in [-0.1, -0.05) is 25.8 Å². The van der Waals surface area contributed by atoms with Gasteiger partial charge in [0.1, 0.15) is 0 Å². The molecule has 2 atom stereocenters. The summed E-state index contributed by atoms with van der Waals surface area (Å²) in [5, 5.41) is 0.552. The Morgan fingerprint density at radius 2 is 2.17 bits per heavy atom. The number of hydrogen-bond acceptors (Lipinski definition) is 3. The smallest absolute Gasteiger partial charge is 0.249 e. The third-order valence-corrected chi connectivity index (χ3v) is 4.94. The molecule has 4 heteroatoms. The molecule has 2 unspecified atom stereocenters. The van der Waals surface area contributed by atoms with Crippen molar-refractivity contribution in [3.05, 3.63) is 23.8 Å². The van der Waals surface area contributed by atoms with Crippen molar-refractivity contribution in [2.45, 2.75) is 42.8 Å². The maximum absolute atomic E-state index is 11.4. The number of amides is 1. The molecule has 18 heavy (non-hydrogen) atoms. The average molecular weight is 264 g/mol. The van der Waals surface area contributed by atoms with Crippen molar-refractivity contribution in [3.63, 3.8) is 0 Å². The van der Waals surface area contributed by atoms with Crippen LogP contribution in [0.15, 0.2) is 23.1 Å². The summed E-state index contributed by atoms with van der Waals surface area (Å²) in [6, 6.07) is 5.37. The van der Waals surface area contributed by atoms with Crippen LogP contribution in [0, 0.1) is 5.92 Å². The van der Waals surface area contributed by atoms with Crippen molar-refractivity contribution in [2.24, 2.45) is 11.7 Å². The van der Waals surface area contributed by atoms with Gasteiger partial charge in [-0.25, -0.2) is 0 Å². The number of carbonyl (C=O) groups excluding carboxylic acids is 1. The molecule has 1 amide bonds. The van der Waals surface area contributed by atoms with Crippen molar-refractivity contribution >= 4 is 23.4 Å². The highest BCUT2D eigenvalue weighted by Gasteiger charge is 2.22. The zero-order valence-electron chi connectivity index (χ0n) is 10.7. The molecule has 0 aliphatic heterocycles.